The van der Waals surface area contributed by atoms with Crippen molar-refractivity contribution in [3.8, 4) is 0 Å². The minimum atomic E-state index is -0.166. The Morgan fingerprint density at radius 2 is 2.29 bits per heavy atom. The Morgan fingerprint density at radius 1 is 1.48 bits per heavy atom. The van der Waals surface area contributed by atoms with Crippen molar-refractivity contribution in [2.75, 3.05) is 18.0 Å². The summed E-state index contributed by atoms with van der Waals surface area (Å²) in [5.74, 6) is 0. The van der Waals surface area contributed by atoms with Crippen LogP contribution in [-0.2, 0) is 6.54 Å². The first-order valence-electron chi connectivity index (χ1n) is 7.96. The Morgan fingerprint density at radius 3 is 2.90 bits per heavy atom. The maximum Gasteiger partial charge on any atom is 0.287 e. The van der Waals surface area contributed by atoms with Crippen LogP contribution in [0.5, 0.6) is 0 Å². The number of aromatic nitrogens is 2. The molecule has 1 unspecified atom stereocenters. The molecule has 5 nitrogen and oxygen atoms in total. The number of nitrogens with zero attached hydrogens (tertiary/aromatic N) is 3. The van der Waals surface area contributed by atoms with Gasteiger partial charge in [-0.1, -0.05) is 18.5 Å². The van der Waals surface area contributed by atoms with E-state index >= 15 is 0 Å². The average molecular weight is 311 g/mol. The molecule has 1 aliphatic carbocycles. The molecule has 1 atom stereocenters. The maximum absolute atomic E-state index is 12.3. The number of halogens is 1. The van der Waals surface area contributed by atoms with Gasteiger partial charge in [-0.3, -0.25) is 4.79 Å². The quantitative estimate of drug-likeness (QED) is 0.873. The van der Waals surface area contributed by atoms with Gasteiger partial charge in [-0.2, -0.15) is 5.10 Å². The fraction of sp³-hybridized carbons (Fsp3) is 0.733. The van der Waals surface area contributed by atoms with Crippen LogP contribution in [0, 0.1) is 0 Å². The second-order valence-corrected chi connectivity index (χ2v) is 6.43. The van der Waals surface area contributed by atoms with Crippen molar-refractivity contribution in [1.82, 2.24) is 15.1 Å². The largest absolute Gasteiger partial charge is 0.364 e. The van der Waals surface area contributed by atoms with E-state index in [1.54, 1.807) is 6.20 Å². The summed E-state index contributed by atoms with van der Waals surface area (Å²) in [5, 5.41) is 8.13. The lowest BCUT2D eigenvalue weighted by Gasteiger charge is -2.28. The van der Waals surface area contributed by atoms with Gasteiger partial charge < -0.3 is 10.2 Å². The molecule has 1 aromatic rings. The van der Waals surface area contributed by atoms with Crippen LogP contribution in [-0.4, -0.2) is 35.0 Å². The first-order chi connectivity index (χ1) is 10.2. The second kappa shape index (κ2) is 6.36. The van der Waals surface area contributed by atoms with E-state index in [1.807, 2.05) is 6.92 Å². The summed E-state index contributed by atoms with van der Waals surface area (Å²) in [6.07, 6.45) is 7.43. The summed E-state index contributed by atoms with van der Waals surface area (Å²) in [5.41, 5.74) is 0.645. The van der Waals surface area contributed by atoms with Crippen LogP contribution in [0.3, 0.4) is 0 Å². The SMILES string of the molecule is CCCn1ncc(N(CC2CCCN2)C2CC2)c(Cl)c1=O. The van der Waals surface area contributed by atoms with Crippen molar-refractivity contribution >= 4 is 17.3 Å². The molecule has 1 aliphatic heterocycles. The fourth-order valence-corrected chi connectivity index (χ4v) is 3.26. The summed E-state index contributed by atoms with van der Waals surface area (Å²) in [6.45, 7) is 4.65. The summed E-state index contributed by atoms with van der Waals surface area (Å²) in [6, 6.07) is 1.02. The van der Waals surface area contributed by atoms with Crippen molar-refractivity contribution in [3.05, 3.63) is 21.6 Å². The molecule has 1 aromatic heterocycles. The van der Waals surface area contributed by atoms with E-state index in [0.717, 1.165) is 25.2 Å². The first kappa shape index (κ1) is 14.9. The summed E-state index contributed by atoms with van der Waals surface area (Å²) in [7, 11) is 0. The van der Waals surface area contributed by atoms with E-state index < -0.39 is 0 Å². The summed E-state index contributed by atoms with van der Waals surface area (Å²) < 4.78 is 1.46. The van der Waals surface area contributed by atoms with Gasteiger partial charge >= 0.3 is 0 Å². The van der Waals surface area contributed by atoms with Gasteiger partial charge in [0.2, 0.25) is 0 Å². The van der Waals surface area contributed by atoms with Crippen LogP contribution >= 0.6 is 11.6 Å². The number of hydrogen-bond acceptors (Lipinski definition) is 4. The molecule has 6 heteroatoms. The molecule has 0 amide bonds. The molecule has 1 saturated carbocycles. The van der Waals surface area contributed by atoms with Crippen molar-refractivity contribution in [2.24, 2.45) is 0 Å². The molecule has 2 fully saturated rings. The van der Waals surface area contributed by atoms with Gasteiger partial charge in [-0.05, 0) is 38.6 Å². The second-order valence-electron chi connectivity index (χ2n) is 6.05. The Balaban J connectivity index is 1.85. The zero-order valence-electron chi connectivity index (χ0n) is 12.5. The van der Waals surface area contributed by atoms with Crippen LogP contribution in [0.2, 0.25) is 5.02 Å². The zero-order chi connectivity index (χ0) is 14.8. The molecule has 2 heterocycles. The maximum atomic E-state index is 12.3. The highest BCUT2D eigenvalue weighted by molar-refractivity contribution is 6.33. The first-order valence-corrected chi connectivity index (χ1v) is 8.34. The third-order valence-corrected chi connectivity index (χ3v) is 4.63. The minimum Gasteiger partial charge on any atom is -0.364 e. The monoisotopic (exact) mass is 310 g/mol. The number of aryl methyl sites for hydroxylation is 1. The Hall–Kier alpha value is -1.07. The van der Waals surface area contributed by atoms with Crippen LogP contribution in [0.4, 0.5) is 5.69 Å². The van der Waals surface area contributed by atoms with Crippen molar-refractivity contribution in [1.29, 1.82) is 0 Å². The fourth-order valence-electron chi connectivity index (χ4n) is 3.01. The van der Waals surface area contributed by atoms with Crippen LogP contribution < -0.4 is 15.8 Å². The van der Waals surface area contributed by atoms with Gasteiger partial charge in [0, 0.05) is 25.2 Å². The van der Waals surface area contributed by atoms with E-state index in [1.165, 1.54) is 30.4 Å². The van der Waals surface area contributed by atoms with Crippen LogP contribution in [0.1, 0.15) is 39.0 Å². The molecule has 0 bridgehead atoms. The van der Waals surface area contributed by atoms with E-state index in [9.17, 15) is 4.79 Å². The van der Waals surface area contributed by atoms with E-state index in [2.05, 4.69) is 15.3 Å². The lowest BCUT2D eigenvalue weighted by atomic mass is 10.2. The number of nitrogens with one attached hydrogen (secondary N) is 1. The molecule has 1 N–H and O–H groups in total. The number of rotatable bonds is 6. The highest BCUT2D eigenvalue weighted by Gasteiger charge is 2.33. The van der Waals surface area contributed by atoms with Crippen LogP contribution in [0.25, 0.3) is 0 Å². The molecule has 0 aromatic carbocycles. The van der Waals surface area contributed by atoms with E-state index in [4.69, 9.17) is 11.6 Å². The molecule has 0 radical (unpaired) electrons. The van der Waals surface area contributed by atoms with Gasteiger partial charge in [-0.15, -0.1) is 0 Å². The lowest BCUT2D eigenvalue weighted by Crippen LogP contribution is -2.40. The third-order valence-electron chi connectivity index (χ3n) is 4.28. The predicted molar refractivity (Wildman–Crippen MR) is 85.2 cm³/mol. The van der Waals surface area contributed by atoms with Gasteiger partial charge in [0.05, 0.1) is 11.9 Å². The standard InChI is InChI=1S/C15H23ClN4O/c1-2-8-20-15(21)14(16)13(9-18-20)19(12-5-6-12)10-11-4-3-7-17-11/h9,11-12,17H,2-8,10H2,1H3. The summed E-state index contributed by atoms with van der Waals surface area (Å²) >= 11 is 6.35. The third kappa shape index (κ3) is 3.24. The normalized spacial score (nSPS) is 21.7. The molecule has 21 heavy (non-hydrogen) atoms. The van der Waals surface area contributed by atoms with Gasteiger partial charge in [0.15, 0.2) is 0 Å². The van der Waals surface area contributed by atoms with E-state index in [0.29, 0.717) is 23.7 Å². The Labute approximate surface area is 130 Å². The molecule has 2 aliphatic rings. The minimum absolute atomic E-state index is 0.166. The number of anilines is 1. The summed E-state index contributed by atoms with van der Waals surface area (Å²) in [4.78, 5) is 14.6. The molecule has 0 spiro atoms. The van der Waals surface area contributed by atoms with E-state index in [-0.39, 0.29) is 5.56 Å². The highest BCUT2D eigenvalue weighted by Crippen LogP contribution is 2.34. The molecule has 3 rings (SSSR count). The zero-order valence-corrected chi connectivity index (χ0v) is 13.3. The molecular formula is C15H23ClN4O. The smallest absolute Gasteiger partial charge is 0.287 e. The predicted octanol–water partition coefficient (Wildman–Crippen LogP) is 2.03. The van der Waals surface area contributed by atoms with Crippen molar-refractivity contribution < 1.29 is 0 Å². The van der Waals surface area contributed by atoms with Gasteiger partial charge in [-0.25, -0.2) is 4.68 Å². The average Bonchev–Trinajstić information content (AvgIpc) is 3.20. The molecule has 1 saturated heterocycles. The van der Waals surface area contributed by atoms with Crippen LogP contribution in [0.15, 0.2) is 11.0 Å². The van der Waals surface area contributed by atoms with Gasteiger partial charge in [0.1, 0.15) is 5.02 Å². The topological polar surface area (TPSA) is 50.2 Å². The highest BCUT2D eigenvalue weighted by atomic mass is 35.5. The number of hydrogen-bond donors (Lipinski definition) is 1. The van der Waals surface area contributed by atoms with Crippen molar-refractivity contribution in [3.63, 3.8) is 0 Å². The molecular weight excluding hydrogens is 288 g/mol. The van der Waals surface area contributed by atoms with Crippen molar-refractivity contribution in [2.45, 2.75) is 57.7 Å². The lowest BCUT2D eigenvalue weighted by molar-refractivity contribution is 0.557. The molecule has 116 valence electrons. The van der Waals surface area contributed by atoms with Gasteiger partial charge in [0.25, 0.3) is 5.56 Å². The Kier molecular flexibility index (Phi) is 4.50. The Bertz CT molecular complexity index is 549.